The van der Waals surface area contributed by atoms with E-state index in [-0.39, 0.29) is 18.1 Å². The minimum Gasteiger partial charge on any atom is -0.472 e. The number of Topliss-reactive ketones (excluding diaryl/α,β-unsaturated/α-hetero) is 1. The highest BCUT2D eigenvalue weighted by Gasteiger charge is 2.91. The third kappa shape index (κ3) is 2.71. The zero-order valence-corrected chi connectivity index (χ0v) is 23.4. The molecular formula is C29H38O9. The minimum absolute atomic E-state index is 0.0198. The zero-order chi connectivity index (χ0) is 27.7. The summed E-state index contributed by atoms with van der Waals surface area (Å²) >= 11 is 0. The van der Waals surface area contributed by atoms with Gasteiger partial charge in [0.05, 0.1) is 23.5 Å². The van der Waals surface area contributed by atoms with Crippen LogP contribution in [-0.2, 0) is 38.1 Å². The highest BCUT2D eigenvalue weighted by molar-refractivity contribution is 5.93. The molecule has 0 N–H and O–H groups in total. The lowest BCUT2D eigenvalue weighted by Crippen LogP contribution is -2.75. The van der Waals surface area contributed by atoms with Crippen molar-refractivity contribution in [2.45, 2.75) is 104 Å². The third-order valence-corrected chi connectivity index (χ3v) is 11.1. The summed E-state index contributed by atoms with van der Waals surface area (Å²) in [7, 11) is 0. The molecule has 10 unspecified atom stereocenters. The summed E-state index contributed by atoms with van der Waals surface area (Å²) in [5.74, 6) is -2.78. The van der Waals surface area contributed by atoms with Gasteiger partial charge in [-0.2, -0.15) is 0 Å². The van der Waals surface area contributed by atoms with Crippen molar-refractivity contribution in [3.05, 3.63) is 24.2 Å². The predicted molar refractivity (Wildman–Crippen MR) is 131 cm³/mol. The van der Waals surface area contributed by atoms with E-state index in [1.807, 2.05) is 41.5 Å². The maximum atomic E-state index is 14.6. The van der Waals surface area contributed by atoms with Crippen LogP contribution in [0, 0.1) is 28.1 Å². The minimum atomic E-state index is -1.19. The summed E-state index contributed by atoms with van der Waals surface area (Å²) in [4.78, 5) is 40.5. The molecule has 0 radical (unpaired) electrons. The summed E-state index contributed by atoms with van der Waals surface area (Å²) in [6.45, 7) is 15.6. The molecule has 0 amide bonds. The van der Waals surface area contributed by atoms with E-state index < -0.39 is 69.4 Å². The first kappa shape index (κ1) is 26.0. The molecule has 3 aliphatic heterocycles. The molecule has 0 bridgehead atoms. The zero-order valence-electron chi connectivity index (χ0n) is 23.4. The Labute approximate surface area is 222 Å². The average molecular weight is 531 g/mol. The van der Waals surface area contributed by atoms with E-state index >= 15 is 0 Å². The van der Waals surface area contributed by atoms with Gasteiger partial charge in [-0.3, -0.25) is 9.59 Å². The number of carbonyl (C=O) groups excluding carboxylic acids is 3. The number of esters is 2. The van der Waals surface area contributed by atoms with Gasteiger partial charge in [-0.1, -0.05) is 13.8 Å². The van der Waals surface area contributed by atoms with Crippen LogP contribution in [0.25, 0.3) is 0 Å². The fourth-order valence-electron chi connectivity index (χ4n) is 9.77. The summed E-state index contributed by atoms with van der Waals surface area (Å²) < 4.78 is 36.9. The molecule has 5 fully saturated rings. The topological polar surface area (TPSA) is 114 Å². The Balaban J connectivity index is 1.61. The molecule has 208 valence electrons. The normalized spacial score (nSPS) is 50.3. The molecular weight excluding hydrogens is 492 g/mol. The van der Waals surface area contributed by atoms with Crippen molar-refractivity contribution in [1.29, 1.82) is 0 Å². The van der Waals surface area contributed by atoms with Crippen LogP contribution in [0.4, 0.5) is 0 Å². The van der Waals surface area contributed by atoms with Gasteiger partial charge >= 0.3 is 11.9 Å². The number of ether oxygens (including phenoxy) is 5. The van der Waals surface area contributed by atoms with Gasteiger partial charge in [-0.15, -0.1) is 0 Å². The maximum absolute atomic E-state index is 14.6. The van der Waals surface area contributed by atoms with Crippen LogP contribution in [0.2, 0.25) is 0 Å². The summed E-state index contributed by atoms with van der Waals surface area (Å²) in [6.07, 6.45) is 1.32. The van der Waals surface area contributed by atoms with E-state index in [1.54, 1.807) is 12.3 Å². The molecule has 2 aliphatic carbocycles. The van der Waals surface area contributed by atoms with Gasteiger partial charge in [-0.25, -0.2) is 4.79 Å². The Kier molecular flexibility index (Phi) is 5.13. The first-order valence-corrected chi connectivity index (χ1v) is 13.6. The Bertz CT molecular complexity index is 1210. The number of hydrogen-bond donors (Lipinski definition) is 0. The van der Waals surface area contributed by atoms with Crippen molar-refractivity contribution >= 4 is 17.7 Å². The molecule has 1 aromatic heterocycles. The molecule has 9 nitrogen and oxygen atoms in total. The molecule has 9 heteroatoms. The first-order valence-electron chi connectivity index (χ1n) is 13.6. The number of fused-ring (bicyclic) bond motifs is 3. The Morgan fingerprint density at radius 3 is 2.42 bits per heavy atom. The van der Waals surface area contributed by atoms with Crippen LogP contribution in [0.5, 0.6) is 0 Å². The van der Waals surface area contributed by atoms with Gasteiger partial charge in [0.2, 0.25) is 0 Å². The molecule has 2 saturated carbocycles. The van der Waals surface area contributed by atoms with Gasteiger partial charge < -0.3 is 28.1 Å². The fraction of sp³-hybridized carbons (Fsp3) is 0.759. The van der Waals surface area contributed by atoms with E-state index in [0.29, 0.717) is 18.6 Å². The van der Waals surface area contributed by atoms with Crippen molar-refractivity contribution in [2.24, 2.45) is 28.1 Å². The van der Waals surface area contributed by atoms with Crippen LogP contribution in [0.15, 0.2) is 23.0 Å². The van der Waals surface area contributed by atoms with Gasteiger partial charge in [-0.05, 0) is 47.1 Å². The number of epoxide rings is 1. The first-order chi connectivity index (χ1) is 17.6. The van der Waals surface area contributed by atoms with Gasteiger partial charge in [0.15, 0.2) is 11.9 Å². The second-order valence-corrected chi connectivity index (χ2v) is 13.1. The lowest BCUT2D eigenvalue weighted by atomic mass is 9.36. The lowest BCUT2D eigenvalue weighted by Gasteiger charge is -2.66. The fourth-order valence-corrected chi connectivity index (χ4v) is 9.77. The Morgan fingerprint density at radius 2 is 1.82 bits per heavy atom. The van der Waals surface area contributed by atoms with Crippen LogP contribution < -0.4 is 0 Å². The Hall–Kier alpha value is -2.23. The quantitative estimate of drug-likeness (QED) is 0.419. The van der Waals surface area contributed by atoms with E-state index in [1.165, 1.54) is 13.2 Å². The molecule has 5 aliphatic rings. The smallest absolute Gasteiger partial charge is 0.339 e. The van der Waals surface area contributed by atoms with Crippen molar-refractivity contribution in [2.75, 3.05) is 6.61 Å². The van der Waals surface area contributed by atoms with Crippen molar-refractivity contribution in [1.82, 2.24) is 0 Å². The molecule has 1 spiro atoms. The third-order valence-electron chi connectivity index (χ3n) is 11.1. The van der Waals surface area contributed by atoms with Crippen LogP contribution >= 0.6 is 0 Å². The molecule has 1 aromatic rings. The monoisotopic (exact) mass is 530 g/mol. The van der Waals surface area contributed by atoms with Crippen LogP contribution in [-0.4, -0.2) is 53.5 Å². The van der Waals surface area contributed by atoms with Crippen molar-refractivity contribution < 1.29 is 42.5 Å². The van der Waals surface area contributed by atoms with E-state index in [9.17, 15) is 14.4 Å². The standard InChI is InChI=1S/C29H38O9/c1-9-34-28(8)26(6)18(24(3,4)38-28)12-19(31)27(7)20(26)17(35-15(2)30)13-25(5)21(16-10-11-33-14-16)36-23(32)22-29(25,27)37-22/h10-11,14,17-18,20-22H,9,12-13H2,1-8H3. The van der Waals surface area contributed by atoms with E-state index in [4.69, 9.17) is 28.1 Å². The molecule has 10 atom stereocenters. The van der Waals surface area contributed by atoms with Crippen LogP contribution in [0.3, 0.4) is 0 Å². The average Bonchev–Trinajstić information content (AvgIpc) is 3.33. The number of rotatable bonds is 4. The molecule has 6 rings (SSSR count). The van der Waals surface area contributed by atoms with Crippen molar-refractivity contribution in [3.8, 4) is 0 Å². The second-order valence-electron chi connectivity index (χ2n) is 13.1. The van der Waals surface area contributed by atoms with Crippen molar-refractivity contribution in [3.63, 3.8) is 0 Å². The van der Waals surface area contributed by atoms with Gasteiger partial charge in [0, 0.05) is 48.2 Å². The van der Waals surface area contributed by atoms with Crippen LogP contribution in [0.1, 0.15) is 79.9 Å². The van der Waals surface area contributed by atoms with Gasteiger partial charge in [0.1, 0.15) is 23.6 Å². The summed E-state index contributed by atoms with van der Waals surface area (Å²) in [5.41, 5.74) is -3.98. The number of furan rings is 1. The number of hydrogen-bond acceptors (Lipinski definition) is 9. The SMILES string of the molecule is CCOC1(C)OC(C)(C)C2CC(=O)C3(C)C(C(OC(C)=O)CC4(C)C(c5ccoc5)OC(=O)C5OC543)C21C. The maximum Gasteiger partial charge on any atom is 0.339 e. The van der Waals surface area contributed by atoms with Gasteiger partial charge in [0.25, 0.3) is 0 Å². The van der Waals surface area contributed by atoms with E-state index in [0.717, 1.165) is 0 Å². The highest BCUT2D eigenvalue weighted by atomic mass is 16.7. The molecule has 4 heterocycles. The second kappa shape index (κ2) is 7.49. The lowest BCUT2D eigenvalue weighted by molar-refractivity contribution is -0.307. The van der Waals surface area contributed by atoms with E-state index in [2.05, 4.69) is 6.92 Å². The number of ketones is 1. The Morgan fingerprint density at radius 1 is 1.11 bits per heavy atom. The summed E-state index contributed by atoms with van der Waals surface area (Å²) in [5, 5.41) is 0. The largest absolute Gasteiger partial charge is 0.472 e. The highest BCUT2D eigenvalue weighted by Crippen LogP contribution is 2.80. The number of carbonyl (C=O) groups is 3. The number of cyclic esters (lactones) is 1. The molecule has 0 aromatic carbocycles. The predicted octanol–water partition coefficient (Wildman–Crippen LogP) is 4.14. The molecule has 38 heavy (non-hydrogen) atoms. The summed E-state index contributed by atoms with van der Waals surface area (Å²) in [6, 6.07) is 1.76. The molecule has 3 saturated heterocycles.